The highest BCUT2D eigenvalue weighted by atomic mass is 16.5. The van der Waals surface area contributed by atoms with Gasteiger partial charge in [0.2, 0.25) is 0 Å². The van der Waals surface area contributed by atoms with Gasteiger partial charge in [-0.3, -0.25) is 19.1 Å². The van der Waals surface area contributed by atoms with Gasteiger partial charge in [-0.2, -0.15) is 5.10 Å². The average molecular weight is 680 g/mol. The molecule has 3 aliphatic rings. The molecule has 0 saturated carbocycles. The Hall–Kier alpha value is -4.89. The molecule has 5 aromatic heterocycles. The quantitative estimate of drug-likeness (QED) is 0.232. The summed E-state index contributed by atoms with van der Waals surface area (Å²) in [7, 11) is 1.55. The molecule has 0 radical (unpaired) electrons. The van der Waals surface area contributed by atoms with E-state index >= 15 is 0 Å². The minimum absolute atomic E-state index is 0.153. The van der Waals surface area contributed by atoms with E-state index in [1.807, 2.05) is 27.6 Å². The van der Waals surface area contributed by atoms with Crippen molar-refractivity contribution in [3.05, 3.63) is 92.6 Å². The number of aromatic nitrogens is 6. The summed E-state index contributed by atoms with van der Waals surface area (Å²) in [6.45, 7) is 9.19. The van der Waals surface area contributed by atoms with Crippen molar-refractivity contribution in [3.63, 3.8) is 0 Å². The first-order valence-corrected chi connectivity index (χ1v) is 16.9. The molecule has 2 aliphatic heterocycles. The molecule has 14 nitrogen and oxygen atoms in total. The summed E-state index contributed by atoms with van der Waals surface area (Å²) in [5, 5.41) is 29.5. The monoisotopic (exact) mass is 679 g/mol. The minimum Gasteiger partial charge on any atom is -0.392 e. The lowest BCUT2D eigenvalue weighted by molar-refractivity contribution is -0.101. The van der Waals surface area contributed by atoms with Crippen molar-refractivity contribution in [1.29, 1.82) is 0 Å². The van der Waals surface area contributed by atoms with E-state index in [1.54, 1.807) is 50.8 Å². The van der Waals surface area contributed by atoms with Crippen LogP contribution in [0.15, 0.2) is 64.7 Å². The van der Waals surface area contributed by atoms with Gasteiger partial charge in [0.25, 0.3) is 11.1 Å². The second-order valence-electron chi connectivity index (χ2n) is 14.6. The highest BCUT2D eigenvalue weighted by Crippen LogP contribution is 2.37. The van der Waals surface area contributed by atoms with E-state index in [9.17, 15) is 19.8 Å². The topological polar surface area (TPSA) is 155 Å². The van der Waals surface area contributed by atoms with Gasteiger partial charge in [0, 0.05) is 62.1 Å². The number of anilines is 3. The van der Waals surface area contributed by atoms with Gasteiger partial charge < -0.3 is 29.6 Å². The number of nitrogens with one attached hydrogen (secondary N) is 1. The predicted molar refractivity (Wildman–Crippen MR) is 188 cm³/mol. The number of rotatable bonds is 7. The molecule has 0 unspecified atom stereocenters. The highest BCUT2D eigenvalue weighted by Gasteiger charge is 2.40. The highest BCUT2D eigenvalue weighted by molar-refractivity contribution is 5.71. The van der Waals surface area contributed by atoms with E-state index in [1.165, 1.54) is 14.8 Å². The summed E-state index contributed by atoms with van der Waals surface area (Å²) in [6, 6.07) is 9.26. The molecule has 50 heavy (non-hydrogen) atoms. The molecule has 14 heteroatoms. The number of hydrogen-bond donors (Lipinski definition) is 3. The molecular weight excluding hydrogens is 638 g/mol. The number of fused-ring (bicyclic) bond motifs is 3. The Balaban J connectivity index is 1.08. The SMILES string of the molecule is Cn1nc(-c2ccnc(-n3ccn4c5c(cc4c3=O)CC(C)(C)C5)c2CO)cc(Nc2ccc(N3CCN(C4COC4)C[C@]3(C)O)cn2)c1=O. The fraction of sp³-hybridized carbons (Fsp3) is 0.417. The Morgan fingerprint density at radius 2 is 1.84 bits per heavy atom. The van der Waals surface area contributed by atoms with Crippen LogP contribution in [0.3, 0.4) is 0 Å². The van der Waals surface area contributed by atoms with Crippen LogP contribution in [-0.4, -0.2) is 88.4 Å². The van der Waals surface area contributed by atoms with Crippen molar-refractivity contribution < 1.29 is 14.9 Å². The number of hydrogen-bond acceptors (Lipinski definition) is 11. The molecule has 8 rings (SSSR count). The number of aliphatic hydroxyl groups excluding tert-OH is 1. The number of nitrogens with zero attached hydrogens (tertiary/aromatic N) is 8. The largest absolute Gasteiger partial charge is 0.392 e. The van der Waals surface area contributed by atoms with E-state index in [0.717, 1.165) is 30.8 Å². The van der Waals surface area contributed by atoms with Crippen molar-refractivity contribution in [2.45, 2.75) is 52.0 Å². The van der Waals surface area contributed by atoms with Crippen molar-refractivity contribution in [3.8, 4) is 17.1 Å². The molecule has 0 bridgehead atoms. The molecular formula is C36H41N9O5. The number of β-amino-alcohol motifs (C(OH)–C–C–N with tert-alkyl or cyclic N) is 1. The van der Waals surface area contributed by atoms with Crippen LogP contribution in [0.25, 0.3) is 22.6 Å². The van der Waals surface area contributed by atoms with Crippen LogP contribution in [0.5, 0.6) is 0 Å². The number of piperazine rings is 1. The van der Waals surface area contributed by atoms with Gasteiger partial charge in [0.15, 0.2) is 0 Å². The first kappa shape index (κ1) is 32.3. The van der Waals surface area contributed by atoms with Crippen LogP contribution in [-0.2, 0) is 31.2 Å². The molecule has 0 amide bonds. The van der Waals surface area contributed by atoms with Crippen LogP contribution in [0.1, 0.15) is 37.6 Å². The molecule has 1 aliphatic carbocycles. The van der Waals surface area contributed by atoms with E-state index in [0.29, 0.717) is 66.3 Å². The summed E-state index contributed by atoms with van der Waals surface area (Å²) in [5.41, 5.74) is 3.69. The van der Waals surface area contributed by atoms with Gasteiger partial charge in [-0.15, -0.1) is 0 Å². The molecule has 5 aromatic rings. The molecule has 260 valence electrons. The number of aryl methyl sites for hydroxylation is 1. The van der Waals surface area contributed by atoms with Gasteiger partial charge in [0.1, 0.15) is 28.6 Å². The Morgan fingerprint density at radius 3 is 2.54 bits per heavy atom. The molecule has 0 aromatic carbocycles. The standard InChI is InChI=1S/C36H41N9O5/c1-35(2)15-22-13-29-34(48)44(11-10-43(29)30(22)16-35)32-26(18-46)25(7-8-37-32)27-14-28(33(47)41(4)40-27)39-31-6-5-23(17-38-31)45-12-9-42(21-36(45,3)49)24-19-50-20-24/h5-8,10-11,13-14,17,24,46,49H,9,12,15-16,18-21H2,1-4H3,(H,38,39)/t36-/m0/s1. The predicted octanol–water partition coefficient (Wildman–Crippen LogP) is 2.23. The Kier molecular flexibility index (Phi) is 7.67. The first-order chi connectivity index (χ1) is 23.9. The van der Waals surface area contributed by atoms with E-state index < -0.39 is 12.3 Å². The third-order valence-electron chi connectivity index (χ3n) is 10.3. The molecule has 0 spiro atoms. The lowest BCUT2D eigenvalue weighted by atomic mass is 9.90. The molecule has 3 N–H and O–H groups in total. The van der Waals surface area contributed by atoms with Gasteiger partial charge in [-0.05, 0) is 61.1 Å². The zero-order valence-corrected chi connectivity index (χ0v) is 28.6. The Labute approximate surface area is 288 Å². The van der Waals surface area contributed by atoms with Crippen LogP contribution >= 0.6 is 0 Å². The third kappa shape index (κ3) is 5.48. The normalized spacial score (nSPS) is 20.6. The Morgan fingerprint density at radius 1 is 1.02 bits per heavy atom. The second kappa shape index (κ2) is 11.9. The number of ether oxygens (including phenoxy) is 1. The maximum atomic E-state index is 13.8. The van der Waals surface area contributed by atoms with E-state index in [2.05, 4.69) is 39.1 Å². The fourth-order valence-corrected chi connectivity index (χ4v) is 7.67. The van der Waals surface area contributed by atoms with Crippen molar-refractivity contribution in [2.75, 3.05) is 43.1 Å². The lowest BCUT2D eigenvalue weighted by Gasteiger charge is -2.50. The number of pyridine rings is 2. The van der Waals surface area contributed by atoms with Gasteiger partial charge in [-0.1, -0.05) is 13.8 Å². The fourth-order valence-electron chi connectivity index (χ4n) is 7.67. The van der Waals surface area contributed by atoms with Crippen molar-refractivity contribution in [2.24, 2.45) is 12.5 Å². The lowest BCUT2D eigenvalue weighted by Crippen LogP contribution is -2.65. The summed E-state index contributed by atoms with van der Waals surface area (Å²) in [5.74, 6) is 0.729. The Bertz CT molecular complexity index is 2230. The first-order valence-electron chi connectivity index (χ1n) is 16.9. The van der Waals surface area contributed by atoms with Gasteiger partial charge in [0.05, 0.1) is 43.4 Å². The van der Waals surface area contributed by atoms with Crippen LogP contribution < -0.4 is 21.3 Å². The zero-order chi connectivity index (χ0) is 34.9. The maximum absolute atomic E-state index is 13.8. The zero-order valence-electron chi connectivity index (χ0n) is 28.6. The number of aliphatic hydroxyl groups is 2. The van der Waals surface area contributed by atoms with Gasteiger partial charge in [-0.25, -0.2) is 14.6 Å². The summed E-state index contributed by atoms with van der Waals surface area (Å²) >= 11 is 0. The third-order valence-corrected chi connectivity index (χ3v) is 10.3. The molecule has 1 atom stereocenters. The smallest absolute Gasteiger partial charge is 0.290 e. The van der Waals surface area contributed by atoms with E-state index in [4.69, 9.17) is 4.74 Å². The summed E-state index contributed by atoms with van der Waals surface area (Å²) in [4.78, 5) is 40.3. The molecule has 2 fully saturated rings. The second-order valence-corrected chi connectivity index (χ2v) is 14.6. The van der Waals surface area contributed by atoms with E-state index in [-0.39, 0.29) is 22.2 Å². The van der Waals surface area contributed by atoms with Crippen LogP contribution in [0.2, 0.25) is 0 Å². The minimum atomic E-state index is -1.08. The molecule has 7 heterocycles. The average Bonchev–Trinajstić information content (AvgIpc) is 3.54. The van der Waals surface area contributed by atoms with Crippen LogP contribution in [0, 0.1) is 5.41 Å². The van der Waals surface area contributed by atoms with Crippen molar-refractivity contribution >= 4 is 22.7 Å². The molecule has 2 saturated heterocycles. The maximum Gasteiger partial charge on any atom is 0.290 e. The van der Waals surface area contributed by atoms with Crippen LogP contribution in [0.4, 0.5) is 17.2 Å². The summed E-state index contributed by atoms with van der Waals surface area (Å²) < 4.78 is 9.98. The van der Waals surface area contributed by atoms with Gasteiger partial charge >= 0.3 is 0 Å². The summed E-state index contributed by atoms with van der Waals surface area (Å²) in [6.07, 6.45) is 8.61. The van der Waals surface area contributed by atoms with Crippen molar-refractivity contribution in [1.82, 2.24) is 33.6 Å².